The third-order valence-electron chi connectivity index (χ3n) is 6.88. The highest BCUT2D eigenvalue weighted by molar-refractivity contribution is 6.12. The number of methoxy groups -OCH3 is 1. The van der Waals surface area contributed by atoms with Crippen LogP contribution in [0, 0.1) is 10.1 Å². The summed E-state index contributed by atoms with van der Waals surface area (Å²) in [4.78, 5) is 27.7. The zero-order valence-corrected chi connectivity index (χ0v) is 24.5. The number of nitro benzene ring substituents is 1. The third kappa shape index (κ3) is 8.88. The summed E-state index contributed by atoms with van der Waals surface area (Å²) in [7, 11) is 1.70. The van der Waals surface area contributed by atoms with E-state index in [-0.39, 0.29) is 16.7 Å². The Balaban J connectivity index is 0.00000260. The molecule has 0 N–H and O–H groups in total. The van der Waals surface area contributed by atoms with Gasteiger partial charge in [0, 0.05) is 66.5 Å². The highest BCUT2D eigenvalue weighted by Gasteiger charge is 2.18. The zero-order valence-electron chi connectivity index (χ0n) is 24.5. The minimum Gasteiger partial charge on any atom is -0.381 e. The number of aromatic nitrogens is 1. The smallest absolute Gasteiger partial charge is 0.331 e. The van der Waals surface area contributed by atoms with Crippen molar-refractivity contribution in [1.29, 1.82) is 0 Å². The summed E-state index contributed by atoms with van der Waals surface area (Å²) in [5, 5.41) is 17.3. The quantitative estimate of drug-likeness (QED) is 0.0633. The summed E-state index contributed by atoms with van der Waals surface area (Å²) < 4.78 is 7.91. The second-order valence-corrected chi connectivity index (χ2v) is 9.53. The van der Waals surface area contributed by atoms with Crippen molar-refractivity contribution in [3.63, 3.8) is 0 Å². The maximum Gasteiger partial charge on any atom is 0.331 e. The predicted molar refractivity (Wildman–Crippen MR) is 159 cm³/mol. The van der Waals surface area contributed by atoms with Crippen LogP contribution in [0.25, 0.3) is 21.8 Å². The highest BCUT2D eigenvalue weighted by Crippen LogP contribution is 2.33. The van der Waals surface area contributed by atoms with Crippen LogP contribution in [0.3, 0.4) is 0 Å². The Morgan fingerprint density at radius 3 is 2.18 bits per heavy atom. The van der Waals surface area contributed by atoms with Gasteiger partial charge >= 0.3 is 5.97 Å². The van der Waals surface area contributed by atoms with E-state index in [2.05, 4.69) is 23.6 Å². The number of benzene rings is 2. The molecule has 0 radical (unpaired) electrons. The van der Waals surface area contributed by atoms with Crippen molar-refractivity contribution in [2.24, 2.45) is 5.16 Å². The van der Waals surface area contributed by atoms with Gasteiger partial charge in [-0.25, -0.2) is 4.79 Å². The number of rotatable bonds is 15. The minimum atomic E-state index is -0.488. The number of nitro groups is 1. The number of unbranched alkanes of at least 4 members (excludes halogenated alkanes) is 6. The number of ether oxygens (including phenoxy) is 1. The van der Waals surface area contributed by atoms with Gasteiger partial charge in [-0.3, -0.25) is 10.1 Å². The zero-order chi connectivity index (χ0) is 28.8. The number of hydrogen-bond acceptors (Lipinski definition) is 6. The molecule has 0 bridgehead atoms. The average Bonchev–Trinajstić information content (AvgIpc) is 3.26. The van der Waals surface area contributed by atoms with Gasteiger partial charge in [-0.1, -0.05) is 76.9 Å². The van der Waals surface area contributed by atoms with Gasteiger partial charge in [0.2, 0.25) is 0 Å². The fourth-order valence-corrected chi connectivity index (χ4v) is 4.90. The van der Waals surface area contributed by atoms with E-state index >= 15 is 0 Å². The van der Waals surface area contributed by atoms with Crippen molar-refractivity contribution < 1.29 is 19.3 Å². The Labute approximate surface area is 232 Å². The van der Waals surface area contributed by atoms with Crippen molar-refractivity contribution in [2.45, 2.75) is 105 Å². The molecule has 3 aromatic rings. The summed E-state index contributed by atoms with van der Waals surface area (Å²) >= 11 is 0. The highest BCUT2D eigenvalue weighted by atomic mass is 16.7. The molecule has 0 saturated carbocycles. The summed E-state index contributed by atoms with van der Waals surface area (Å²) in [6, 6.07) is 10.9. The molecule has 0 aliphatic heterocycles. The van der Waals surface area contributed by atoms with Crippen LogP contribution in [-0.2, 0) is 20.9 Å². The molecule has 0 aliphatic rings. The van der Waals surface area contributed by atoms with E-state index in [1.807, 2.05) is 32.0 Å². The maximum absolute atomic E-state index is 11.6. The first-order valence-corrected chi connectivity index (χ1v) is 14.4. The molecule has 39 heavy (non-hydrogen) atoms. The molecule has 1 heterocycles. The second-order valence-electron chi connectivity index (χ2n) is 9.53. The van der Waals surface area contributed by atoms with Crippen LogP contribution in [0.15, 0.2) is 41.6 Å². The van der Waals surface area contributed by atoms with E-state index in [4.69, 9.17) is 9.57 Å². The first-order valence-electron chi connectivity index (χ1n) is 14.4. The van der Waals surface area contributed by atoms with Crippen LogP contribution >= 0.6 is 0 Å². The van der Waals surface area contributed by atoms with E-state index in [1.54, 1.807) is 19.2 Å². The SMILES string of the molecule is CC.CCCCCCCCCC(C/C(=N\OC(C)=O)c1ccc2c(c1)c1cc([N+](=O)[O-])ccc1n2CC)OC. The van der Waals surface area contributed by atoms with Gasteiger partial charge in [-0.15, -0.1) is 0 Å². The average molecular weight is 540 g/mol. The van der Waals surface area contributed by atoms with Crippen molar-refractivity contribution >= 4 is 39.2 Å². The molecule has 0 spiro atoms. The van der Waals surface area contributed by atoms with E-state index in [9.17, 15) is 14.9 Å². The Morgan fingerprint density at radius 2 is 1.59 bits per heavy atom. The summed E-state index contributed by atoms with van der Waals surface area (Å²) in [5.74, 6) is -0.488. The van der Waals surface area contributed by atoms with E-state index < -0.39 is 5.97 Å². The van der Waals surface area contributed by atoms with Gasteiger partial charge in [-0.2, -0.15) is 0 Å². The predicted octanol–water partition coefficient (Wildman–Crippen LogP) is 8.56. The Morgan fingerprint density at radius 1 is 0.974 bits per heavy atom. The van der Waals surface area contributed by atoms with Crippen molar-refractivity contribution in [1.82, 2.24) is 4.57 Å². The molecule has 0 fully saturated rings. The van der Waals surface area contributed by atoms with Gasteiger partial charge < -0.3 is 14.1 Å². The molecule has 0 amide bonds. The van der Waals surface area contributed by atoms with E-state index in [0.29, 0.717) is 12.1 Å². The number of aryl methyl sites for hydroxylation is 1. The molecule has 3 rings (SSSR count). The van der Waals surface area contributed by atoms with Crippen molar-refractivity contribution in [3.05, 3.63) is 52.1 Å². The first kappa shape index (κ1) is 32.0. The molecule has 8 nitrogen and oxygen atoms in total. The monoisotopic (exact) mass is 539 g/mol. The Bertz CT molecular complexity index is 1250. The molecule has 0 aliphatic carbocycles. The second kappa shape index (κ2) is 16.6. The molecule has 1 unspecified atom stereocenters. The van der Waals surface area contributed by atoms with Crippen LogP contribution in [0.5, 0.6) is 0 Å². The van der Waals surface area contributed by atoms with Gasteiger partial charge in [-0.05, 0) is 31.5 Å². The largest absolute Gasteiger partial charge is 0.381 e. The number of carbonyl (C=O) groups is 1. The lowest BCUT2D eigenvalue weighted by Gasteiger charge is -2.17. The standard InChI is InChI=1S/C29H39N3O5.C2H6/c1-5-7-8-9-10-11-12-13-24(36-4)20-27(30-37-21(3)33)22-14-16-28-25(18-22)26-19-23(32(34)35)15-17-29(26)31(28)6-2;1-2/h14-19,24H,5-13,20H2,1-4H3;1-2H3/b30-27+;. The summed E-state index contributed by atoms with van der Waals surface area (Å²) in [6.07, 6.45) is 9.92. The lowest BCUT2D eigenvalue weighted by atomic mass is 9.98. The van der Waals surface area contributed by atoms with Crippen molar-refractivity contribution in [3.8, 4) is 0 Å². The topological polar surface area (TPSA) is 96.0 Å². The minimum absolute atomic E-state index is 0.0519. The lowest BCUT2D eigenvalue weighted by Crippen LogP contribution is -2.18. The van der Waals surface area contributed by atoms with Crippen LogP contribution < -0.4 is 0 Å². The Hall–Kier alpha value is -3.26. The number of fused-ring (bicyclic) bond motifs is 3. The first-order chi connectivity index (χ1) is 18.9. The number of non-ortho nitro benzene ring substituents is 1. The fourth-order valence-electron chi connectivity index (χ4n) is 4.90. The fraction of sp³-hybridized carbons (Fsp3) is 0.548. The number of oxime groups is 1. The number of hydrogen-bond donors (Lipinski definition) is 0. The molecular weight excluding hydrogens is 494 g/mol. The maximum atomic E-state index is 11.6. The molecular formula is C31H45N3O5. The van der Waals surface area contributed by atoms with Gasteiger partial charge in [0.05, 0.1) is 16.7 Å². The Kier molecular flexibility index (Phi) is 13.6. The van der Waals surface area contributed by atoms with Crippen molar-refractivity contribution in [2.75, 3.05) is 7.11 Å². The summed E-state index contributed by atoms with van der Waals surface area (Å²) in [6.45, 7) is 10.3. The van der Waals surface area contributed by atoms with Crippen LogP contribution in [-0.4, -0.2) is 34.4 Å². The number of nitrogens with zero attached hydrogens (tertiary/aromatic N) is 3. The van der Waals surface area contributed by atoms with Gasteiger partial charge in [0.1, 0.15) is 0 Å². The van der Waals surface area contributed by atoms with Gasteiger partial charge in [0.15, 0.2) is 0 Å². The van der Waals surface area contributed by atoms with Crippen LogP contribution in [0.4, 0.5) is 5.69 Å². The van der Waals surface area contributed by atoms with Gasteiger partial charge in [0.25, 0.3) is 5.69 Å². The molecule has 8 heteroatoms. The number of carbonyl (C=O) groups excluding carboxylic acids is 1. The summed E-state index contributed by atoms with van der Waals surface area (Å²) in [5.41, 5.74) is 3.40. The normalized spacial score (nSPS) is 12.3. The molecule has 214 valence electrons. The van der Waals surface area contributed by atoms with E-state index in [1.165, 1.54) is 51.5 Å². The van der Waals surface area contributed by atoms with Crippen LogP contribution in [0.2, 0.25) is 0 Å². The van der Waals surface area contributed by atoms with E-state index in [0.717, 1.165) is 46.8 Å². The lowest BCUT2D eigenvalue weighted by molar-refractivity contribution is -0.384. The molecule has 2 aromatic carbocycles. The van der Waals surface area contributed by atoms with Crippen LogP contribution in [0.1, 0.15) is 98.0 Å². The third-order valence-corrected chi connectivity index (χ3v) is 6.88. The molecule has 1 aromatic heterocycles. The molecule has 1 atom stereocenters. The molecule has 0 saturated heterocycles.